The van der Waals surface area contributed by atoms with Crippen molar-refractivity contribution in [1.82, 2.24) is 0 Å². The van der Waals surface area contributed by atoms with E-state index >= 15 is 0 Å². The van der Waals surface area contributed by atoms with Gasteiger partial charge in [0.1, 0.15) is 48.8 Å². The maximum absolute atomic E-state index is 10.00. The zero-order chi connectivity index (χ0) is 17.3. The molecule has 11 heteroatoms. The van der Waals surface area contributed by atoms with Gasteiger partial charge in [-0.2, -0.15) is 0 Å². The van der Waals surface area contributed by atoms with Crippen LogP contribution in [0.15, 0.2) is 0 Å². The van der Waals surface area contributed by atoms with Gasteiger partial charge in [0.2, 0.25) is 0 Å². The van der Waals surface area contributed by atoms with E-state index in [2.05, 4.69) is 0 Å². The van der Waals surface area contributed by atoms with Crippen molar-refractivity contribution in [2.45, 2.75) is 61.4 Å². The summed E-state index contributed by atoms with van der Waals surface area (Å²) in [7, 11) is 0. The van der Waals surface area contributed by atoms with Crippen LogP contribution in [-0.4, -0.2) is 115 Å². The third kappa shape index (κ3) is 3.65. The summed E-state index contributed by atoms with van der Waals surface area (Å²) in [5.41, 5.74) is 0. The van der Waals surface area contributed by atoms with Crippen LogP contribution in [-0.2, 0) is 14.2 Å². The molecule has 136 valence electrons. The van der Waals surface area contributed by atoms with Gasteiger partial charge in [-0.1, -0.05) is 0 Å². The molecule has 11 nitrogen and oxygen atoms in total. The van der Waals surface area contributed by atoms with Gasteiger partial charge in [0.05, 0.1) is 13.2 Å². The minimum Gasteiger partial charge on any atom is -0.394 e. The quantitative estimate of drug-likeness (QED) is 0.243. The van der Waals surface area contributed by atoms with E-state index < -0.39 is 74.6 Å². The van der Waals surface area contributed by atoms with Crippen molar-refractivity contribution >= 4 is 0 Å². The van der Waals surface area contributed by atoms with E-state index in [9.17, 15) is 30.6 Å². The van der Waals surface area contributed by atoms with Crippen molar-refractivity contribution in [3.8, 4) is 0 Å². The maximum atomic E-state index is 10.00. The van der Waals surface area contributed by atoms with E-state index in [1.54, 1.807) is 0 Å². The molecule has 0 aromatic heterocycles. The Labute approximate surface area is 130 Å². The smallest absolute Gasteiger partial charge is 0.187 e. The average Bonchev–Trinajstić information content (AvgIpc) is 2.54. The first-order chi connectivity index (χ1) is 10.8. The van der Waals surface area contributed by atoms with E-state index in [4.69, 9.17) is 24.4 Å². The highest BCUT2D eigenvalue weighted by Crippen LogP contribution is 2.28. The highest BCUT2D eigenvalue weighted by atomic mass is 16.7. The van der Waals surface area contributed by atoms with Crippen molar-refractivity contribution in [3.63, 3.8) is 0 Å². The van der Waals surface area contributed by atoms with E-state index in [1.807, 2.05) is 0 Å². The fourth-order valence-electron chi connectivity index (χ4n) is 2.56. The lowest BCUT2D eigenvalue weighted by molar-refractivity contribution is -0.355. The first kappa shape index (κ1) is 18.9. The molecule has 2 heterocycles. The summed E-state index contributed by atoms with van der Waals surface area (Å²) in [4.78, 5) is 0. The van der Waals surface area contributed by atoms with Gasteiger partial charge in [0, 0.05) is 0 Å². The Morgan fingerprint density at radius 1 is 0.652 bits per heavy atom. The fourth-order valence-corrected chi connectivity index (χ4v) is 2.56. The van der Waals surface area contributed by atoms with Gasteiger partial charge in [-0.3, -0.25) is 0 Å². The van der Waals surface area contributed by atoms with Crippen LogP contribution in [0.25, 0.3) is 0 Å². The second-order valence-corrected chi connectivity index (χ2v) is 5.53. The summed E-state index contributed by atoms with van der Waals surface area (Å²) < 4.78 is 15.1. The highest BCUT2D eigenvalue weighted by Gasteiger charge is 2.50. The zero-order valence-electron chi connectivity index (χ0n) is 12.0. The summed E-state index contributed by atoms with van der Waals surface area (Å²) in [5.74, 6) is 0. The first-order valence-electron chi connectivity index (χ1n) is 7.08. The van der Waals surface area contributed by atoms with Gasteiger partial charge in [0.15, 0.2) is 12.6 Å². The van der Waals surface area contributed by atoms with Crippen LogP contribution < -0.4 is 0 Å². The zero-order valence-corrected chi connectivity index (χ0v) is 12.0. The second kappa shape index (κ2) is 7.63. The minimum atomic E-state index is -1.76. The number of hydrogen-bond acceptors (Lipinski definition) is 11. The van der Waals surface area contributed by atoms with Crippen LogP contribution in [0.1, 0.15) is 0 Å². The van der Waals surface area contributed by atoms with E-state index in [0.29, 0.717) is 0 Å². The monoisotopic (exact) mass is 342 g/mol. The summed E-state index contributed by atoms with van der Waals surface area (Å²) in [6.07, 6.45) is -15.7. The average molecular weight is 342 g/mol. The van der Waals surface area contributed by atoms with Crippen LogP contribution in [0.2, 0.25) is 0 Å². The molecule has 0 aliphatic carbocycles. The Bertz CT molecular complexity index is 380. The molecule has 0 bridgehead atoms. The van der Waals surface area contributed by atoms with Crippen LogP contribution >= 0.6 is 0 Å². The molecule has 2 aliphatic rings. The molecule has 2 saturated heterocycles. The number of aliphatic hydroxyl groups excluding tert-OH is 8. The van der Waals surface area contributed by atoms with Crippen molar-refractivity contribution in [2.24, 2.45) is 0 Å². The summed E-state index contributed by atoms with van der Waals surface area (Å²) in [5, 5.41) is 76.8. The molecule has 0 aromatic carbocycles. The molecule has 0 unspecified atom stereocenters. The molecule has 0 aromatic rings. The van der Waals surface area contributed by atoms with Gasteiger partial charge >= 0.3 is 0 Å². The maximum Gasteiger partial charge on any atom is 0.187 e. The molecule has 2 fully saturated rings. The number of aliphatic hydroxyl groups is 8. The molecule has 0 spiro atoms. The molecule has 23 heavy (non-hydrogen) atoms. The van der Waals surface area contributed by atoms with Gasteiger partial charge in [-0.25, -0.2) is 0 Å². The van der Waals surface area contributed by atoms with Gasteiger partial charge in [-0.15, -0.1) is 0 Å². The summed E-state index contributed by atoms with van der Waals surface area (Å²) in [6, 6.07) is 0. The molecule has 10 atom stereocenters. The molecular weight excluding hydrogens is 320 g/mol. The minimum absolute atomic E-state index is 0.667. The summed E-state index contributed by atoms with van der Waals surface area (Å²) >= 11 is 0. The van der Waals surface area contributed by atoms with Crippen molar-refractivity contribution < 1.29 is 55.1 Å². The standard InChI is InChI=1S/C12H22O11/c13-1-3-5(15)7(17)8(18)12(22-3)23-10-6(16)4(2-14)21-11(20)9(10)19/h3-20H,1-2H2/t3-,4-,5+,6+,7-,8-,9-,10-,11+,12-/m0/s1. The topological polar surface area (TPSA) is 190 Å². The molecule has 0 radical (unpaired) electrons. The molecule has 2 aliphatic heterocycles. The van der Waals surface area contributed by atoms with Gasteiger partial charge < -0.3 is 55.1 Å². The predicted molar refractivity (Wildman–Crippen MR) is 68.6 cm³/mol. The van der Waals surface area contributed by atoms with Crippen molar-refractivity contribution in [3.05, 3.63) is 0 Å². The number of rotatable bonds is 4. The van der Waals surface area contributed by atoms with Gasteiger partial charge in [-0.05, 0) is 0 Å². The van der Waals surface area contributed by atoms with Crippen LogP contribution in [0.4, 0.5) is 0 Å². The Kier molecular flexibility index (Phi) is 6.27. The Morgan fingerprint density at radius 2 is 1.22 bits per heavy atom. The lowest BCUT2D eigenvalue weighted by Gasteiger charge is -2.45. The fraction of sp³-hybridized carbons (Fsp3) is 1.00. The molecule has 0 amide bonds. The molecule has 8 N–H and O–H groups in total. The number of hydrogen-bond donors (Lipinski definition) is 8. The largest absolute Gasteiger partial charge is 0.394 e. The Hall–Kier alpha value is -0.440. The Balaban J connectivity index is 2.11. The SMILES string of the molecule is OC[C@@H]1O[C@@H](O[C@@H]2[C@H](O)[C@H](O)O[C@@H](CO)[C@H]2O)[C@@H](O)[C@@H](O)[C@@H]1O. The number of ether oxygens (including phenoxy) is 3. The first-order valence-corrected chi connectivity index (χ1v) is 7.08. The lowest BCUT2D eigenvalue weighted by atomic mass is 9.97. The highest BCUT2D eigenvalue weighted by molar-refractivity contribution is 4.93. The van der Waals surface area contributed by atoms with Crippen LogP contribution in [0, 0.1) is 0 Å². The third-order valence-electron chi connectivity index (χ3n) is 3.98. The van der Waals surface area contributed by atoms with Crippen molar-refractivity contribution in [1.29, 1.82) is 0 Å². The van der Waals surface area contributed by atoms with E-state index in [0.717, 1.165) is 0 Å². The third-order valence-corrected chi connectivity index (χ3v) is 3.98. The second-order valence-electron chi connectivity index (χ2n) is 5.53. The van der Waals surface area contributed by atoms with Crippen molar-refractivity contribution in [2.75, 3.05) is 13.2 Å². The summed E-state index contributed by atoms with van der Waals surface area (Å²) in [6.45, 7) is -1.34. The molecular formula is C12H22O11. The van der Waals surface area contributed by atoms with Crippen LogP contribution in [0.3, 0.4) is 0 Å². The van der Waals surface area contributed by atoms with Gasteiger partial charge in [0.25, 0.3) is 0 Å². The lowest BCUT2D eigenvalue weighted by Crippen LogP contribution is -2.64. The normalized spacial score (nSPS) is 51.7. The molecule has 2 rings (SSSR count). The van der Waals surface area contributed by atoms with E-state index in [-0.39, 0.29) is 0 Å². The van der Waals surface area contributed by atoms with Crippen LogP contribution in [0.5, 0.6) is 0 Å². The van der Waals surface area contributed by atoms with E-state index in [1.165, 1.54) is 0 Å². The predicted octanol–water partition coefficient (Wildman–Crippen LogP) is -5.40. The Morgan fingerprint density at radius 3 is 1.78 bits per heavy atom. The molecule has 0 saturated carbocycles.